The summed E-state index contributed by atoms with van der Waals surface area (Å²) >= 11 is 1.39. The Labute approximate surface area is 218 Å². The molecule has 6 nitrogen and oxygen atoms in total. The lowest BCUT2D eigenvalue weighted by Gasteiger charge is -2.24. The van der Waals surface area contributed by atoms with Crippen molar-refractivity contribution >= 4 is 34.5 Å². The Kier molecular flexibility index (Phi) is 6.59. The minimum Gasteiger partial charge on any atom is -0.507 e. The van der Waals surface area contributed by atoms with Crippen LogP contribution in [-0.2, 0) is 16.2 Å². The number of aliphatic hydroxyl groups excluding tert-OH is 1. The third-order valence-corrected chi connectivity index (χ3v) is 7.14. The Balaban J connectivity index is 1.52. The molecule has 1 aliphatic heterocycles. The van der Waals surface area contributed by atoms with E-state index in [9.17, 15) is 14.7 Å². The number of benzene rings is 3. The molecule has 4 aromatic rings. The number of nitriles is 1. The lowest BCUT2D eigenvalue weighted by Crippen LogP contribution is -2.29. The van der Waals surface area contributed by atoms with Gasteiger partial charge in [0.1, 0.15) is 24.2 Å². The molecule has 1 aliphatic rings. The molecule has 5 rings (SSSR count). The Bertz CT molecular complexity index is 1530. The topological polar surface area (TPSA) is 90.6 Å². The van der Waals surface area contributed by atoms with Crippen molar-refractivity contribution in [1.82, 2.24) is 0 Å². The first-order valence-corrected chi connectivity index (χ1v) is 12.5. The minimum absolute atomic E-state index is 0.0224. The van der Waals surface area contributed by atoms with Gasteiger partial charge in [-0.3, -0.25) is 14.5 Å². The first-order valence-electron chi connectivity index (χ1n) is 11.6. The quantitative estimate of drug-likeness (QED) is 0.193. The second-order valence-electron chi connectivity index (χ2n) is 8.60. The molecule has 0 radical (unpaired) electrons. The van der Waals surface area contributed by atoms with Crippen LogP contribution < -0.4 is 9.64 Å². The summed E-state index contributed by atoms with van der Waals surface area (Å²) in [7, 11) is 0. The molecule has 1 aromatic heterocycles. The molecule has 1 saturated heterocycles. The predicted molar refractivity (Wildman–Crippen MR) is 142 cm³/mol. The van der Waals surface area contributed by atoms with Crippen LogP contribution in [0, 0.1) is 18.3 Å². The first kappa shape index (κ1) is 24.0. The molecular weight excluding hydrogens is 484 g/mol. The van der Waals surface area contributed by atoms with Crippen molar-refractivity contribution in [2.75, 3.05) is 4.90 Å². The molecule has 1 amide bonds. The van der Waals surface area contributed by atoms with Gasteiger partial charge in [-0.25, -0.2) is 0 Å². The van der Waals surface area contributed by atoms with E-state index in [2.05, 4.69) is 6.07 Å². The number of aryl methyl sites for hydroxylation is 1. The highest BCUT2D eigenvalue weighted by atomic mass is 32.1. The van der Waals surface area contributed by atoms with E-state index in [1.807, 2.05) is 54.8 Å². The van der Waals surface area contributed by atoms with Gasteiger partial charge in [0.25, 0.3) is 11.7 Å². The summed E-state index contributed by atoms with van der Waals surface area (Å²) < 4.78 is 5.95. The second kappa shape index (κ2) is 10.1. The minimum atomic E-state index is -0.790. The van der Waals surface area contributed by atoms with Gasteiger partial charge in [0.2, 0.25) is 0 Å². The summed E-state index contributed by atoms with van der Waals surface area (Å²) in [5, 5.41) is 22.3. The predicted octanol–water partition coefficient (Wildman–Crippen LogP) is 6.13. The number of aliphatic hydroxyl groups is 1. The summed E-state index contributed by atoms with van der Waals surface area (Å²) in [5.41, 5.74) is 3.18. The molecule has 7 heteroatoms. The van der Waals surface area contributed by atoms with E-state index < -0.39 is 17.7 Å². The fourth-order valence-electron chi connectivity index (χ4n) is 4.36. The van der Waals surface area contributed by atoms with Crippen LogP contribution in [0.1, 0.15) is 33.2 Å². The molecule has 182 valence electrons. The largest absolute Gasteiger partial charge is 0.507 e. The van der Waals surface area contributed by atoms with Crippen molar-refractivity contribution in [3.05, 3.63) is 123 Å². The summed E-state index contributed by atoms with van der Waals surface area (Å²) in [5.74, 6) is -1.08. The number of ether oxygens (including phenoxy) is 1. The number of hydrogen-bond donors (Lipinski definition) is 1. The maximum absolute atomic E-state index is 13.3. The molecule has 3 aromatic carbocycles. The van der Waals surface area contributed by atoms with Gasteiger partial charge in [0.05, 0.1) is 17.2 Å². The number of carbonyl (C=O) groups excluding carboxylic acids is 2. The molecule has 0 spiro atoms. The van der Waals surface area contributed by atoms with E-state index in [0.717, 1.165) is 16.0 Å². The summed E-state index contributed by atoms with van der Waals surface area (Å²) in [6.45, 7) is 2.27. The van der Waals surface area contributed by atoms with Gasteiger partial charge in [-0.1, -0.05) is 36.4 Å². The van der Waals surface area contributed by atoms with E-state index in [1.165, 1.54) is 16.2 Å². The lowest BCUT2D eigenvalue weighted by atomic mass is 9.98. The van der Waals surface area contributed by atoms with Gasteiger partial charge < -0.3 is 9.84 Å². The first-order chi connectivity index (χ1) is 18.0. The SMILES string of the molecule is Cc1cc(/C(O)=C2/C(=O)C(=O)N(c3ccc(C#N)cc3)C2c2cccs2)ccc1OCc1ccccc1. The average molecular weight is 507 g/mol. The Morgan fingerprint density at radius 3 is 2.43 bits per heavy atom. The van der Waals surface area contributed by atoms with Gasteiger partial charge in [0, 0.05) is 16.1 Å². The highest BCUT2D eigenvalue weighted by molar-refractivity contribution is 7.10. The number of carbonyl (C=O) groups is 2. The molecule has 0 saturated carbocycles. The smallest absolute Gasteiger partial charge is 0.300 e. The number of nitrogens with zero attached hydrogens (tertiary/aromatic N) is 2. The fraction of sp³-hybridized carbons (Fsp3) is 0.100. The zero-order valence-corrected chi connectivity index (χ0v) is 20.7. The zero-order chi connectivity index (χ0) is 25.9. The highest BCUT2D eigenvalue weighted by Gasteiger charge is 2.47. The number of thiophene rings is 1. The molecule has 1 unspecified atom stereocenters. The van der Waals surface area contributed by atoms with Crippen molar-refractivity contribution in [3.63, 3.8) is 0 Å². The van der Waals surface area contributed by atoms with E-state index in [4.69, 9.17) is 10.00 Å². The van der Waals surface area contributed by atoms with Crippen LogP contribution >= 0.6 is 11.3 Å². The second-order valence-corrected chi connectivity index (χ2v) is 9.58. The van der Waals surface area contributed by atoms with Crippen LogP contribution in [0.25, 0.3) is 5.76 Å². The fourth-order valence-corrected chi connectivity index (χ4v) is 5.18. The number of anilines is 1. The maximum Gasteiger partial charge on any atom is 0.300 e. The molecule has 37 heavy (non-hydrogen) atoms. The van der Waals surface area contributed by atoms with Crippen molar-refractivity contribution in [3.8, 4) is 11.8 Å². The third-order valence-electron chi connectivity index (χ3n) is 6.22. The molecular formula is C30H22N2O4S. The number of amides is 1. The van der Waals surface area contributed by atoms with E-state index in [0.29, 0.717) is 29.2 Å². The Morgan fingerprint density at radius 1 is 1.03 bits per heavy atom. The van der Waals surface area contributed by atoms with Crippen molar-refractivity contribution in [2.45, 2.75) is 19.6 Å². The van der Waals surface area contributed by atoms with Gasteiger partial charge in [-0.05, 0) is 72.0 Å². The monoisotopic (exact) mass is 506 g/mol. The van der Waals surface area contributed by atoms with Crippen molar-refractivity contribution < 1.29 is 19.4 Å². The molecule has 1 atom stereocenters. The summed E-state index contributed by atoms with van der Waals surface area (Å²) in [4.78, 5) is 28.6. The number of ketones is 1. The van der Waals surface area contributed by atoms with E-state index in [1.54, 1.807) is 42.5 Å². The normalized spacial score (nSPS) is 16.5. The van der Waals surface area contributed by atoms with E-state index >= 15 is 0 Å². The number of Topliss-reactive ketones (excluding diaryl/α,β-unsaturated/α-hetero) is 1. The van der Waals surface area contributed by atoms with Gasteiger partial charge in [0.15, 0.2) is 0 Å². The van der Waals surface area contributed by atoms with Gasteiger partial charge in [-0.15, -0.1) is 11.3 Å². The van der Waals surface area contributed by atoms with Crippen LogP contribution in [0.15, 0.2) is 95.9 Å². The van der Waals surface area contributed by atoms with Crippen molar-refractivity contribution in [2.24, 2.45) is 0 Å². The Hall–Kier alpha value is -4.67. The van der Waals surface area contributed by atoms with Crippen LogP contribution in [-0.4, -0.2) is 16.8 Å². The molecule has 1 fully saturated rings. The molecule has 2 heterocycles. The van der Waals surface area contributed by atoms with Gasteiger partial charge in [-0.2, -0.15) is 5.26 Å². The molecule has 0 aliphatic carbocycles. The lowest BCUT2D eigenvalue weighted by molar-refractivity contribution is -0.132. The van der Waals surface area contributed by atoms with Crippen molar-refractivity contribution in [1.29, 1.82) is 5.26 Å². The standard InChI is InChI=1S/C30H22N2O4S/c1-19-16-22(11-14-24(19)36-18-21-6-3-2-4-7-21)28(33)26-27(25-8-5-15-37-25)32(30(35)29(26)34)23-12-9-20(17-31)10-13-23/h2-16,27,33H,18H2,1H3/b28-26-. The molecule has 0 bridgehead atoms. The third kappa shape index (κ3) is 4.63. The van der Waals surface area contributed by atoms with Crippen LogP contribution in [0.4, 0.5) is 5.69 Å². The Morgan fingerprint density at radius 2 is 1.78 bits per heavy atom. The van der Waals surface area contributed by atoms with Crippen LogP contribution in [0.3, 0.4) is 0 Å². The summed E-state index contributed by atoms with van der Waals surface area (Å²) in [6, 6.07) is 26.4. The average Bonchev–Trinajstić information content (AvgIpc) is 3.55. The van der Waals surface area contributed by atoms with Crippen LogP contribution in [0.5, 0.6) is 5.75 Å². The number of hydrogen-bond acceptors (Lipinski definition) is 6. The maximum atomic E-state index is 13.3. The number of rotatable bonds is 6. The van der Waals surface area contributed by atoms with Gasteiger partial charge >= 0.3 is 0 Å². The highest BCUT2D eigenvalue weighted by Crippen LogP contribution is 2.43. The molecule has 1 N–H and O–H groups in total. The van der Waals surface area contributed by atoms with Crippen LogP contribution in [0.2, 0.25) is 0 Å². The summed E-state index contributed by atoms with van der Waals surface area (Å²) in [6.07, 6.45) is 0. The van der Waals surface area contributed by atoms with E-state index in [-0.39, 0.29) is 11.3 Å². The zero-order valence-electron chi connectivity index (χ0n) is 19.9.